The Labute approximate surface area is 179 Å². The van der Waals surface area contributed by atoms with Crippen molar-refractivity contribution in [2.24, 2.45) is 0 Å². The Balaban J connectivity index is 1.70. The second kappa shape index (κ2) is 8.24. The van der Waals surface area contributed by atoms with Gasteiger partial charge in [0, 0.05) is 16.6 Å². The number of thiophene rings is 1. The smallest absolute Gasteiger partial charge is 0.263 e. The molecule has 0 radical (unpaired) electrons. The lowest BCUT2D eigenvalue weighted by atomic mass is 9.99. The first kappa shape index (κ1) is 20.0. The van der Waals surface area contributed by atoms with Gasteiger partial charge in [-0.05, 0) is 36.1 Å². The molecule has 0 bridgehead atoms. The van der Waals surface area contributed by atoms with Gasteiger partial charge in [-0.1, -0.05) is 56.3 Å². The maximum absolute atomic E-state index is 13.3. The second-order valence-corrected chi connectivity index (χ2v) is 8.45. The highest BCUT2D eigenvalue weighted by Gasteiger charge is 2.20. The van der Waals surface area contributed by atoms with E-state index < -0.39 is 6.04 Å². The van der Waals surface area contributed by atoms with E-state index in [-0.39, 0.29) is 11.5 Å². The molecule has 1 amide bonds. The third kappa shape index (κ3) is 3.78. The molecule has 0 aliphatic heterocycles. The van der Waals surface area contributed by atoms with Crippen molar-refractivity contribution in [2.75, 3.05) is 5.32 Å². The summed E-state index contributed by atoms with van der Waals surface area (Å²) in [6.45, 7) is 6.01. The van der Waals surface area contributed by atoms with Crippen molar-refractivity contribution in [3.8, 4) is 11.1 Å². The first-order chi connectivity index (χ1) is 14.5. The SMILES string of the molecule is CC(C)c1ccc(-c2csc3ncn(C(C)C(=O)Nc4ccccc4)c(=O)c23)cc1. The Morgan fingerprint density at radius 3 is 2.40 bits per heavy atom. The zero-order chi connectivity index (χ0) is 21.3. The predicted molar refractivity (Wildman–Crippen MR) is 123 cm³/mol. The molecule has 1 unspecified atom stereocenters. The molecule has 6 heteroatoms. The molecule has 0 spiro atoms. The maximum Gasteiger partial charge on any atom is 0.263 e. The number of rotatable bonds is 5. The molecule has 1 N–H and O–H groups in total. The largest absolute Gasteiger partial charge is 0.324 e. The molecule has 0 aliphatic rings. The average molecular weight is 418 g/mol. The highest BCUT2D eigenvalue weighted by atomic mass is 32.1. The van der Waals surface area contributed by atoms with Gasteiger partial charge in [0.1, 0.15) is 10.9 Å². The van der Waals surface area contributed by atoms with Crippen LogP contribution in [0.5, 0.6) is 0 Å². The Morgan fingerprint density at radius 1 is 1.03 bits per heavy atom. The van der Waals surface area contributed by atoms with Gasteiger partial charge in [0.05, 0.1) is 11.7 Å². The van der Waals surface area contributed by atoms with Crippen LogP contribution < -0.4 is 10.9 Å². The summed E-state index contributed by atoms with van der Waals surface area (Å²) < 4.78 is 1.40. The second-order valence-electron chi connectivity index (χ2n) is 7.59. The maximum atomic E-state index is 13.3. The van der Waals surface area contributed by atoms with E-state index in [2.05, 4.69) is 36.3 Å². The fraction of sp³-hybridized carbons (Fsp3) is 0.208. The quantitative estimate of drug-likeness (QED) is 0.470. The van der Waals surface area contributed by atoms with E-state index in [1.165, 1.54) is 27.8 Å². The number of nitrogens with zero attached hydrogens (tertiary/aromatic N) is 2. The Morgan fingerprint density at radius 2 is 1.73 bits per heavy atom. The van der Waals surface area contributed by atoms with Gasteiger partial charge in [0.15, 0.2) is 0 Å². The van der Waals surface area contributed by atoms with E-state index in [1.807, 2.05) is 47.8 Å². The lowest BCUT2D eigenvalue weighted by Gasteiger charge is -2.15. The van der Waals surface area contributed by atoms with Crippen LogP contribution in [0.2, 0.25) is 0 Å². The molecule has 4 rings (SSSR count). The standard InChI is InChI=1S/C24H23N3O2S/c1-15(2)17-9-11-18(12-10-17)20-13-30-23-21(20)24(29)27(14-25-23)16(3)22(28)26-19-7-5-4-6-8-19/h4-16H,1-3H3,(H,26,28). The number of fused-ring (bicyclic) bond motifs is 1. The predicted octanol–water partition coefficient (Wildman–Crippen LogP) is 5.45. The van der Waals surface area contributed by atoms with Crippen molar-refractivity contribution < 1.29 is 4.79 Å². The van der Waals surface area contributed by atoms with E-state index in [9.17, 15) is 9.59 Å². The number of nitrogens with one attached hydrogen (secondary N) is 1. The van der Waals surface area contributed by atoms with Crippen molar-refractivity contribution in [3.63, 3.8) is 0 Å². The van der Waals surface area contributed by atoms with Crippen molar-refractivity contribution in [1.29, 1.82) is 0 Å². The van der Waals surface area contributed by atoms with E-state index in [1.54, 1.807) is 6.92 Å². The van der Waals surface area contributed by atoms with Gasteiger partial charge < -0.3 is 5.32 Å². The van der Waals surface area contributed by atoms with E-state index >= 15 is 0 Å². The topological polar surface area (TPSA) is 64.0 Å². The van der Waals surface area contributed by atoms with Crippen LogP contribution in [0.3, 0.4) is 0 Å². The minimum absolute atomic E-state index is 0.208. The number of anilines is 1. The van der Waals surface area contributed by atoms with Crippen LogP contribution in [0, 0.1) is 0 Å². The number of hydrogen-bond acceptors (Lipinski definition) is 4. The number of para-hydroxylation sites is 1. The number of amides is 1. The lowest BCUT2D eigenvalue weighted by Crippen LogP contribution is -2.31. The van der Waals surface area contributed by atoms with Crippen LogP contribution in [-0.2, 0) is 4.79 Å². The summed E-state index contributed by atoms with van der Waals surface area (Å²) in [4.78, 5) is 31.1. The monoisotopic (exact) mass is 417 g/mol. The van der Waals surface area contributed by atoms with Gasteiger partial charge in [-0.3, -0.25) is 14.2 Å². The molecular weight excluding hydrogens is 394 g/mol. The minimum Gasteiger partial charge on any atom is -0.324 e. The zero-order valence-electron chi connectivity index (χ0n) is 17.1. The minimum atomic E-state index is -0.689. The van der Waals surface area contributed by atoms with E-state index in [0.717, 1.165) is 11.1 Å². The summed E-state index contributed by atoms with van der Waals surface area (Å²) >= 11 is 1.44. The zero-order valence-corrected chi connectivity index (χ0v) is 17.9. The lowest BCUT2D eigenvalue weighted by molar-refractivity contribution is -0.118. The van der Waals surface area contributed by atoms with Gasteiger partial charge >= 0.3 is 0 Å². The van der Waals surface area contributed by atoms with Crippen molar-refractivity contribution in [2.45, 2.75) is 32.7 Å². The third-order valence-electron chi connectivity index (χ3n) is 5.25. The van der Waals surface area contributed by atoms with E-state index in [0.29, 0.717) is 21.8 Å². The van der Waals surface area contributed by atoms with Crippen molar-refractivity contribution >= 4 is 33.1 Å². The van der Waals surface area contributed by atoms with Crippen LogP contribution in [-0.4, -0.2) is 15.5 Å². The van der Waals surface area contributed by atoms with Gasteiger partial charge in [-0.15, -0.1) is 11.3 Å². The number of aromatic nitrogens is 2. The average Bonchev–Trinajstić information content (AvgIpc) is 3.19. The molecule has 2 heterocycles. The third-order valence-corrected chi connectivity index (χ3v) is 6.13. The van der Waals surface area contributed by atoms with Gasteiger partial charge in [-0.2, -0.15) is 0 Å². The van der Waals surface area contributed by atoms with Crippen LogP contribution in [0.15, 0.2) is 71.1 Å². The highest BCUT2D eigenvalue weighted by Crippen LogP contribution is 2.31. The Kier molecular flexibility index (Phi) is 5.50. The van der Waals surface area contributed by atoms with Gasteiger partial charge in [0.25, 0.3) is 5.56 Å². The normalized spacial score (nSPS) is 12.3. The number of benzene rings is 2. The first-order valence-electron chi connectivity index (χ1n) is 9.90. The summed E-state index contributed by atoms with van der Waals surface area (Å²) in [5.41, 5.74) is 3.56. The molecule has 30 heavy (non-hydrogen) atoms. The molecule has 2 aromatic heterocycles. The number of hydrogen-bond donors (Lipinski definition) is 1. The summed E-state index contributed by atoms with van der Waals surface area (Å²) in [6, 6.07) is 16.8. The molecule has 4 aromatic rings. The molecular formula is C24H23N3O2S. The van der Waals surface area contributed by atoms with Crippen LogP contribution in [0.4, 0.5) is 5.69 Å². The number of carbonyl (C=O) groups is 1. The fourth-order valence-corrected chi connectivity index (χ4v) is 4.28. The molecule has 1 atom stereocenters. The van der Waals surface area contributed by atoms with Crippen LogP contribution in [0.25, 0.3) is 21.3 Å². The molecule has 0 fully saturated rings. The van der Waals surface area contributed by atoms with Crippen LogP contribution in [0.1, 0.15) is 38.3 Å². The first-order valence-corrected chi connectivity index (χ1v) is 10.8. The Bertz CT molecular complexity index is 1240. The molecule has 152 valence electrons. The summed E-state index contributed by atoms with van der Waals surface area (Å²) in [7, 11) is 0. The van der Waals surface area contributed by atoms with Crippen molar-refractivity contribution in [3.05, 3.63) is 82.2 Å². The van der Waals surface area contributed by atoms with Gasteiger partial charge in [-0.25, -0.2) is 4.98 Å². The Hall–Kier alpha value is -3.25. The molecule has 0 saturated heterocycles. The highest BCUT2D eigenvalue weighted by molar-refractivity contribution is 7.17. The fourth-order valence-electron chi connectivity index (χ4n) is 3.38. The molecule has 0 saturated carbocycles. The molecule has 0 aliphatic carbocycles. The molecule has 5 nitrogen and oxygen atoms in total. The van der Waals surface area contributed by atoms with Gasteiger partial charge in [0.2, 0.25) is 5.91 Å². The summed E-state index contributed by atoms with van der Waals surface area (Å²) in [5.74, 6) is 0.184. The number of carbonyl (C=O) groups excluding carboxylic acids is 1. The van der Waals surface area contributed by atoms with Crippen LogP contribution >= 0.6 is 11.3 Å². The van der Waals surface area contributed by atoms with E-state index in [4.69, 9.17) is 0 Å². The summed E-state index contributed by atoms with van der Waals surface area (Å²) in [6.07, 6.45) is 1.46. The summed E-state index contributed by atoms with van der Waals surface area (Å²) in [5, 5.41) is 5.36. The molecule has 2 aromatic carbocycles. The van der Waals surface area contributed by atoms with Crippen molar-refractivity contribution in [1.82, 2.24) is 9.55 Å².